The molecule has 1 aliphatic heterocycles. The highest BCUT2D eigenvalue weighted by Crippen LogP contribution is 2.42. The zero-order valence-electron chi connectivity index (χ0n) is 16.0. The number of nitrogens with zero attached hydrogens (tertiary/aromatic N) is 2. The maximum atomic E-state index is 10.9. The summed E-state index contributed by atoms with van der Waals surface area (Å²) < 4.78 is 2.04. The molecule has 0 saturated carbocycles. The fourth-order valence-corrected chi connectivity index (χ4v) is 4.19. The van der Waals surface area contributed by atoms with Crippen molar-refractivity contribution in [2.24, 2.45) is 7.05 Å². The molecule has 152 valence electrons. The molecule has 3 aromatic rings. The first-order valence-corrected chi connectivity index (χ1v) is 9.62. The highest BCUT2D eigenvalue weighted by atomic mass is 16.4. The Hall–Kier alpha value is -3.10. The van der Waals surface area contributed by atoms with Crippen molar-refractivity contribution >= 4 is 17.0 Å². The van der Waals surface area contributed by atoms with Crippen LogP contribution in [0.2, 0.25) is 0 Å². The number of para-hydroxylation sites is 2. The molecule has 8 heteroatoms. The van der Waals surface area contributed by atoms with E-state index in [0.717, 1.165) is 16.9 Å². The van der Waals surface area contributed by atoms with Gasteiger partial charge in [-0.2, -0.15) is 0 Å². The Kier molecular flexibility index (Phi) is 5.12. The van der Waals surface area contributed by atoms with E-state index in [1.165, 1.54) is 6.07 Å². The second kappa shape index (κ2) is 7.73. The van der Waals surface area contributed by atoms with Gasteiger partial charge in [0, 0.05) is 31.1 Å². The Bertz CT molecular complexity index is 1050. The summed E-state index contributed by atoms with van der Waals surface area (Å²) in [5, 5.41) is 29.1. The minimum Gasteiger partial charge on any atom is -0.508 e. The molecule has 4 rings (SSSR count). The lowest BCUT2D eigenvalue weighted by atomic mass is 9.86. The molecule has 1 fully saturated rings. The van der Waals surface area contributed by atoms with Gasteiger partial charge in [0.1, 0.15) is 17.3 Å². The Labute approximate surface area is 167 Å². The van der Waals surface area contributed by atoms with Gasteiger partial charge in [-0.25, -0.2) is 10.4 Å². The van der Waals surface area contributed by atoms with Crippen molar-refractivity contribution in [3.05, 3.63) is 53.9 Å². The first kappa shape index (κ1) is 19.2. The maximum Gasteiger partial charge on any atom is 0.303 e. The lowest BCUT2D eigenvalue weighted by Crippen LogP contribution is -2.32. The van der Waals surface area contributed by atoms with Crippen LogP contribution in [0.5, 0.6) is 11.5 Å². The zero-order chi connectivity index (χ0) is 20.5. The fourth-order valence-electron chi connectivity index (χ4n) is 4.19. The largest absolute Gasteiger partial charge is 0.508 e. The van der Waals surface area contributed by atoms with E-state index in [9.17, 15) is 15.0 Å². The van der Waals surface area contributed by atoms with Crippen LogP contribution in [0, 0.1) is 0 Å². The molecule has 5 N–H and O–H groups in total. The standard InChI is InChI=1S/C21H24N4O4/c1-25-16-7-3-2-5-14(16)22-21(25)19-15(6-4-8-18(28)29)23-24-20(19)13-10-9-12(26)11-17(13)27/h2-3,5,7,9-11,15,19-20,23-24,26-27H,4,6,8H2,1H3,(H,28,29). The predicted octanol–water partition coefficient (Wildman–Crippen LogP) is 2.54. The number of benzene rings is 2. The molecule has 1 saturated heterocycles. The number of rotatable bonds is 6. The first-order chi connectivity index (χ1) is 14.0. The Morgan fingerprint density at radius 2 is 1.97 bits per heavy atom. The van der Waals surface area contributed by atoms with Crippen LogP contribution < -0.4 is 10.9 Å². The molecule has 29 heavy (non-hydrogen) atoms. The van der Waals surface area contributed by atoms with Crippen LogP contribution in [-0.2, 0) is 11.8 Å². The molecule has 1 aromatic heterocycles. The topological polar surface area (TPSA) is 120 Å². The number of hydrazine groups is 1. The summed E-state index contributed by atoms with van der Waals surface area (Å²) in [6.45, 7) is 0. The summed E-state index contributed by atoms with van der Waals surface area (Å²) >= 11 is 0. The minimum absolute atomic E-state index is 0.000694. The molecule has 2 aromatic carbocycles. The van der Waals surface area contributed by atoms with E-state index in [0.29, 0.717) is 18.4 Å². The highest BCUT2D eigenvalue weighted by Gasteiger charge is 2.41. The van der Waals surface area contributed by atoms with E-state index in [-0.39, 0.29) is 35.9 Å². The second-order valence-electron chi connectivity index (χ2n) is 7.45. The van der Waals surface area contributed by atoms with Gasteiger partial charge in [0.25, 0.3) is 0 Å². The minimum atomic E-state index is -0.817. The van der Waals surface area contributed by atoms with E-state index < -0.39 is 5.97 Å². The number of hydrogen-bond acceptors (Lipinski definition) is 6. The number of aromatic hydroxyl groups is 2. The summed E-state index contributed by atoms with van der Waals surface area (Å²) in [5.74, 6) is -0.116. The molecular formula is C21H24N4O4. The first-order valence-electron chi connectivity index (χ1n) is 9.62. The molecule has 8 nitrogen and oxygen atoms in total. The molecule has 2 heterocycles. The van der Waals surface area contributed by atoms with Gasteiger partial charge in [-0.3, -0.25) is 10.2 Å². The van der Waals surface area contributed by atoms with Crippen LogP contribution in [0.1, 0.15) is 42.6 Å². The van der Waals surface area contributed by atoms with Crippen LogP contribution in [0.15, 0.2) is 42.5 Å². The summed E-state index contributed by atoms with van der Waals surface area (Å²) in [6.07, 6.45) is 1.27. The van der Waals surface area contributed by atoms with Crippen molar-refractivity contribution in [1.82, 2.24) is 20.4 Å². The number of aryl methyl sites for hydroxylation is 1. The average molecular weight is 396 g/mol. The number of carbonyl (C=O) groups is 1. The Morgan fingerprint density at radius 3 is 2.69 bits per heavy atom. The molecular weight excluding hydrogens is 372 g/mol. The number of hydrogen-bond donors (Lipinski definition) is 5. The van der Waals surface area contributed by atoms with E-state index >= 15 is 0 Å². The van der Waals surface area contributed by atoms with Gasteiger partial charge in [0.05, 0.1) is 23.0 Å². The Balaban J connectivity index is 1.74. The van der Waals surface area contributed by atoms with Crippen LogP contribution in [0.25, 0.3) is 11.0 Å². The zero-order valence-corrected chi connectivity index (χ0v) is 16.0. The van der Waals surface area contributed by atoms with Crippen molar-refractivity contribution in [3.8, 4) is 11.5 Å². The average Bonchev–Trinajstić information content (AvgIpc) is 3.23. The van der Waals surface area contributed by atoms with Gasteiger partial charge in [-0.1, -0.05) is 18.2 Å². The number of aliphatic carboxylic acids is 1. The number of phenolic OH excluding ortho intramolecular Hbond substituents is 2. The molecule has 0 amide bonds. The third-order valence-electron chi connectivity index (χ3n) is 5.59. The van der Waals surface area contributed by atoms with Gasteiger partial charge in [0.2, 0.25) is 0 Å². The number of phenols is 2. The number of carboxylic acid groups (broad SMARTS) is 1. The summed E-state index contributed by atoms with van der Waals surface area (Å²) in [6, 6.07) is 12.1. The number of aromatic nitrogens is 2. The van der Waals surface area contributed by atoms with Crippen molar-refractivity contribution in [1.29, 1.82) is 0 Å². The van der Waals surface area contributed by atoms with Gasteiger partial charge < -0.3 is 19.9 Å². The molecule has 0 spiro atoms. The quantitative estimate of drug-likeness (QED) is 0.434. The number of carboxylic acids is 1. The predicted molar refractivity (Wildman–Crippen MR) is 108 cm³/mol. The molecule has 3 unspecified atom stereocenters. The normalized spacial score (nSPS) is 21.6. The van der Waals surface area contributed by atoms with Crippen LogP contribution in [-0.4, -0.2) is 36.9 Å². The molecule has 0 aliphatic carbocycles. The number of imidazole rings is 1. The molecule has 3 atom stereocenters. The van der Waals surface area contributed by atoms with Gasteiger partial charge in [-0.15, -0.1) is 0 Å². The van der Waals surface area contributed by atoms with Crippen LogP contribution in [0.4, 0.5) is 0 Å². The van der Waals surface area contributed by atoms with Gasteiger partial charge in [0.15, 0.2) is 0 Å². The SMILES string of the molecule is Cn1c(C2C(CCCC(=O)O)NNC2c2ccc(O)cc2O)nc2ccccc21. The van der Waals surface area contributed by atoms with Crippen LogP contribution in [0.3, 0.4) is 0 Å². The lowest BCUT2D eigenvalue weighted by molar-refractivity contribution is -0.137. The van der Waals surface area contributed by atoms with E-state index in [2.05, 4.69) is 10.9 Å². The highest BCUT2D eigenvalue weighted by molar-refractivity contribution is 5.76. The summed E-state index contributed by atoms with van der Waals surface area (Å²) in [4.78, 5) is 15.8. The van der Waals surface area contributed by atoms with Crippen molar-refractivity contribution < 1.29 is 20.1 Å². The van der Waals surface area contributed by atoms with Crippen molar-refractivity contribution in [2.45, 2.75) is 37.3 Å². The molecule has 1 aliphatic rings. The number of nitrogens with one attached hydrogen (secondary N) is 2. The summed E-state index contributed by atoms with van der Waals surface area (Å²) in [5.41, 5.74) is 9.06. The number of fused-ring (bicyclic) bond motifs is 1. The van der Waals surface area contributed by atoms with E-state index in [1.54, 1.807) is 12.1 Å². The Morgan fingerprint density at radius 1 is 1.17 bits per heavy atom. The van der Waals surface area contributed by atoms with Crippen molar-refractivity contribution in [2.75, 3.05) is 0 Å². The van der Waals surface area contributed by atoms with E-state index in [4.69, 9.17) is 10.1 Å². The van der Waals surface area contributed by atoms with E-state index in [1.807, 2.05) is 35.9 Å². The fraction of sp³-hybridized carbons (Fsp3) is 0.333. The van der Waals surface area contributed by atoms with Gasteiger partial charge in [-0.05, 0) is 31.0 Å². The molecule has 0 radical (unpaired) electrons. The lowest BCUT2D eigenvalue weighted by Gasteiger charge is -2.23. The van der Waals surface area contributed by atoms with Crippen molar-refractivity contribution in [3.63, 3.8) is 0 Å². The maximum absolute atomic E-state index is 10.9. The monoisotopic (exact) mass is 396 g/mol. The molecule has 0 bridgehead atoms. The summed E-state index contributed by atoms with van der Waals surface area (Å²) in [7, 11) is 1.96. The third-order valence-corrected chi connectivity index (χ3v) is 5.59. The third kappa shape index (κ3) is 3.64. The second-order valence-corrected chi connectivity index (χ2v) is 7.45. The van der Waals surface area contributed by atoms with Gasteiger partial charge >= 0.3 is 5.97 Å². The van der Waals surface area contributed by atoms with Crippen LogP contribution >= 0.6 is 0 Å². The smallest absolute Gasteiger partial charge is 0.303 e.